The Labute approximate surface area is 61.6 Å². The SMILES string of the molecule is CCCCC(P)C(C)C. The Kier molecular flexibility index (Phi) is 5.48. The summed E-state index contributed by atoms with van der Waals surface area (Å²) in [6.07, 6.45) is 4.09. The molecular weight excluding hydrogens is 127 g/mol. The Morgan fingerprint density at radius 3 is 2.22 bits per heavy atom. The predicted octanol–water partition coefficient (Wildman–Crippen LogP) is 3.08. The minimum Gasteiger partial charge on any atom is -0.134 e. The molecule has 0 rings (SSSR count). The molecule has 0 aromatic rings. The summed E-state index contributed by atoms with van der Waals surface area (Å²) in [7, 11) is 2.92. The third kappa shape index (κ3) is 4.90. The van der Waals surface area contributed by atoms with E-state index in [-0.39, 0.29) is 0 Å². The van der Waals surface area contributed by atoms with Gasteiger partial charge in [-0.1, -0.05) is 33.6 Å². The van der Waals surface area contributed by atoms with Crippen LogP contribution in [0.5, 0.6) is 0 Å². The molecule has 0 amide bonds. The zero-order valence-electron chi connectivity index (χ0n) is 6.85. The van der Waals surface area contributed by atoms with Gasteiger partial charge >= 0.3 is 0 Å². The van der Waals surface area contributed by atoms with Crippen molar-refractivity contribution in [3.63, 3.8) is 0 Å². The summed E-state index contributed by atoms with van der Waals surface area (Å²) >= 11 is 0. The molecule has 0 spiro atoms. The van der Waals surface area contributed by atoms with Crippen LogP contribution in [-0.2, 0) is 0 Å². The maximum absolute atomic E-state index is 2.92. The fourth-order valence-corrected chi connectivity index (χ4v) is 1.01. The molecule has 0 fully saturated rings. The number of hydrogen-bond donors (Lipinski definition) is 0. The van der Waals surface area contributed by atoms with Crippen molar-refractivity contribution in [3.8, 4) is 0 Å². The number of unbranched alkanes of at least 4 members (excludes halogenated alkanes) is 1. The highest BCUT2D eigenvalue weighted by atomic mass is 31.0. The molecule has 0 aromatic heterocycles. The first-order valence-corrected chi connectivity index (χ1v) is 4.60. The van der Waals surface area contributed by atoms with Crippen molar-refractivity contribution >= 4 is 9.24 Å². The van der Waals surface area contributed by atoms with Crippen LogP contribution < -0.4 is 0 Å². The lowest BCUT2D eigenvalue weighted by atomic mass is 10.1. The van der Waals surface area contributed by atoms with Crippen molar-refractivity contribution in [1.82, 2.24) is 0 Å². The summed E-state index contributed by atoms with van der Waals surface area (Å²) in [5.74, 6) is 0.835. The molecule has 0 radical (unpaired) electrons. The molecule has 0 saturated carbocycles. The summed E-state index contributed by atoms with van der Waals surface area (Å²) in [5, 5.41) is 0. The van der Waals surface area contributed by atoms with Crippen LogP contribution in [0.1, 0.15) is 40.0 Å². The van der Waals surface area contributed by atoms with Crippen LogP contribution in [0.25, 0.3) is 0 Å². The molecule has 2 atom stereocenters. The predicted molar refractivity (Wildman–Crippen MR) is 47.9 cm³/mol. The summed E-state index contributed by atoms with van der Waals surface area (Å²) in [6, 6.07) is 0. The quantitative estimate of drug-likeness (QED) is 0.535. The van der Waals surface area contributed by atoms with Gasteiger partial charge in [0.1, 0.15) is 0 Å². The van der Waals surface area contributed by atoms with Gasteiger partial charge in [-0.15, -0.1) is 9.24 Å². The molecule has 2 unspecified atom stereocenters. The van der Waals surface area contributed by atoms with Gasteiger partial charge in [-0.2, -0.15) is 0 Å². The van der Waals surface area contributed by atoms with Crippen LogP contribution in [0, 0.1) is 5.92 Å². The van der Waals surface area contributed by atoms with Gasteiger partial charge in [0.15, 0.2) is 0 Å². The molecule has 0 aromatic carbocycles. The number of rotatable bonds is 4. The highest BCUT2D eigenvalue weighted by molar-refractivity contribution is 7.17. The molecule has 0 saturated heterocycles. The van der Waals surface area contributed by atoms with Crippen LogP contribution >= 0.6 is 9.24 Å². The summed E-state index contributed by atoms with van der Waals surface area (Å²) in [4.78, 5) is 0. The van der Waals surface area contributed by atoms with Gasteiger partial charge < -0.3 is 0 Å². The molecule has 56 valence electrons. The summed E-state index contributed by atoms with van der Waals surface area (Å²) in [5.41, 5.74) is 0.838. The molecule has 1 heteroatoms. The average Bonchev–Trinajstić information content (AvgIpc) is 1.82. The summed E-state index contributed by atoms with van der Waals surface area (Å²) < 4.78 is 0. The molecule has 0 aliphatic carbocycles. The van der Waals surface area contributed by atoms with E-state index in [0.717, 1.165) is 11.6 Å². The fraction of sp³-hybridized carbons (Fsp3) is 1.00. The van der Waals surface area contributed by atoms with E-state index in [9.17, 15) is 0 Å². The monoisotopic (exact) mass is 146 g/mol. The van der Waals surface area contributed by atoms with Crippen LogP contribution in [0.2, 0.25) is 0 Å². The second-order valence-corrected chi connectivity index (χ2v) is 3.91. The Morgan fingerprint density at radius 2 is 1.89 bits per heavy atom. The lowest BCUT2D eigenvalue weighted by molar-refractivity contribution is 0.550. The van der Waals surface area contributed by atoms with E-state index in [1.807, 2.05) is 0 Å². The van der Waals surface area contributed by atoms with Gasteiger partial charge in [-0.3, -0.25) is 0 Å². The Morgan fingerprint density at radius 1 is 1.33 bits per heavy atom. The van der Waals surface area contributed by atoms with Crippen molar-refractivity contribution in [2.24, 2.45) is 5.92 Å². The largest absolute Gasteiger partial charge is 0.134 e. The van der Waals surface area contributed by atoms with Crippen LogP contribution in [-0.4, -0.2) is 5.66 Å². The zero-order valence-corrected chi connectivity index (χ0v) is 8.01. The molecule has 0 aliphatic heterocycles. The van der Waals surface area contributed by atoms with Crippen molar-refractivity contribution in [2.75, 3.05) is 0 Å². The molecule has 9 heavy (non-hydrogen) atoms. The zero-order chi connectivity index (χ0) is 7.28. The molecule has 0 aliphatic rings. The van der Waals surface area contributed by atoms with E-state index < -0.39 is 0 Å². The Hall–Kier alpha value is 0.430. The van der Waals surface area contributed by atoms with Crippen LogP contribution in [0.4, 0.5) is 0 Å². The van der Waals surface area contributed by atoms with Crippen molar-refractivity contribution in [3.05, 3.63) is 0 Å². The van der Waals surface area contributed by atoms with Gasteiger partial charge in [0.05, 0.1) is 0 Å². The molecule has 0 nitrogen and oxygen atoms in total. The lowest BCUT2D eigenvalue weighted by Crippen LogP contribution is -2.05. The van der Waals surface area contributed by atoms with Gasteiger partial charge in [0, 0.05) is 0 Å². The maximum atomic E-state index is 2.92. The highest BCUT2D eigenvalue weighted by Gasteiger charge is 2.04. The van der Waals surface area contributed by atoms with E-state index in [1.54, 1.807) is 0 Å². The van der Waals surface area contributed by atoms with Gasteiger partial charge in [-0.05, 0) is 18.0 Å². The fourth-order valence-electron chi connectivity index (χ4n) is 0.773. The normalized spacial score (nSPS) is 14.3. The third-order valence-corrected chi connectivity index (χ3v) is 2.85. The molecule has 0 N–H and O–H groups in total. The Bertz CT molecular complexity index is 59.6. The van der Waals surface area contributed by atoms with Gasteiger partial charge in [0.25, 0.3) is 0 Å². The van der Waals surface area contributed by atoms with E-state index >= 15 is 0 Å². The average molecular weight is 146 g/mol. The first-order chi connectivity index (χ1) is 4.18. The van der Waals surface area contributed by atoms with Crippen molar-refractivity contribution in [1.29, 1.82) is 0 Å². The first kappa shape index (κ1) is 9.43. The van der Waals surface area contributed by atoms with E-state index in [0.29, 0.717) is 0 Å². The highest BCUT2D eigenvalue weighted by Crippen LogP contribution is 2.18. The van der Waals surface area contributed by atoms with Crippen LogP contribution in [0.15, 0.2) is 0 Å². The van der Waals surface area contributed by atoms with E-state index in [4.69, 9.17) is 0 Å². The smallest absolute Gasteiger partial charge is 0.0241 e. The van der Waals surface area contributed by atoms with Gasteiger partial charge in [0.2, 0.25) is 0 Å². The van der Waals surface area contributed by atoms with E-state index in [1.165, 1.54) is 19.3 Å². The van der Waals surface area contributed by atoms with Gasteiger partial charge in [-0.25, -0.2) is 0 Å². The minimum absolute atomic E-state index is 0.835. The van der Waals surface area contributed by atoms with Crippen molar-refractivity contribution in [2.45, 2.75) is 45.7 Å². The summed E-state index contributed by atoms with van der Waals surface area (Å²) in [6.45, 7) is 6.82. The van der Waals surface area contributed by atoms with E-state index in [2.05, 4.69) is 30.0 Å². The second-order valence-electron chi connectivity index (χ2n) is 3.05. The topological polar surface area (TPSA) is 0 Å². The maximum Gasteiger partial charge on any atom is -0.0241 e. The first-order valence-electron chi connectivity index (χ1n) is 3.94. The standard InChI is InChI=1S/C8H19P/c1-4-5-6-8(9)7(2)3/h7-8H,4-6,9H2,1-3H3. The molecule has 0 heterocycles. The second kappa shape index (κ2) is 5.23. The van der Waals surface area contributed by atoms with Crippen molar-refractivity contribution < 1.29 is 0 Å². The van der Waals surface area contributed by atoms with Crippen LogP contribution in [0.3, 0.4) is 0 Å². The Balaban J connectivity index is 3.16. The third-order valence-electron chi connectivity index (χ3n) is 1.75. The minimum atomic E-state index is 0.835. The lowest BCUT2D eigenvalue weighted by Gasteiger charge is -2.13. The number of hydrogen-bond acceptors (Lipinski definition) is 0. The molecule has 0 bridgehead atoms. The molecular formula is C8H19P.